The van der Waals surface area contributed by atoms with Crippen molar-refractivity contribution in [1.82, 2.24) is 14.8 Å². The number of nitrogens with zero attached hydrogens (tertiary/aromatic N) is 3. The van der Waals surface area contributed by atoms with Crippen molar-refractivity contribution in [2.24, 2.45) is 7.05 Å². The molecule has 0 spiro atoms. The van der Waals surface area contributed by atoms with E-state index in [2.05, 4.69) is 15.4 Å². The van der Waals surface area contributed by atoms with E-state index in [-0.39, 0.29) is 12.2 Å². The molecule has 1 aromatic heterocycles. The fraction of sp³-hybridized carbons (Fsp3) is 0.308. The van der Waals surface area contributed by atoms with E-state index in [4.69, 9.17) is 4.74 Å². The molecule has 0 unspecified atom stereocenters. The number of aryl methyl sites for hydroxylation is 1. The van der Waals surface area contributed by atoms with E-state index in [1.165, 1.54) is 6.33 Å². The summed E-state index contributed by atoms with van der Waals surface area (Å²) in [7, 11) is 1.77. The summed E-state index contributed by atoms with van der Waals surface area (Å²) in [5, 5.41) is 7.18. The summed E-state index contributed by atoms with van der Waals surface area (Å²) in [5.41, 5.74) is 1.46. The van der Waals surface area contributed by atoms with Crippen molar-refractivity contribution in [2.75, 3.05) is 18.5 Å². The zero-order valence-electron chi connectivity index (χ0n) is 10.6. The van der Waals surface area contributed by atoms with Gasteiger partial charge in [0.25, 0.3) is 0 Å². The number of anilines is 1. The number of nitrogens with one attached hydrogen (secondary N) is 1. The summed E-state index contributed by atoms with van der Waals surface area (Å²) in [5.74, 6) is 1.27. The van der Waals surface area contributed by atoms with E-state index in [0.717, 1.165) is 12.2 Å². The molecule has 1 N–H and O–H groups in total. The number of carbonyl (C=O) groups is 1. The lowest BCUT2D eigenvalue weighted by Crippen LogP contribution is -2.20. The lowest BCUT2D eigenvalue weighted by molar-refractivity contribution is 0.0985. The Hall–Kier alpha value is -2.37. The molecule has 19 heavy (non-hydrogen) atoms. The van der Waals surface area contributed by atoms with Crippen LogP contribution in [0.2, 0.25) is 0 Å². The van der Waals surface area contributed by atoms with Gasteiger partial charge in [-0.2, -0.15) is 5.10 Å². The number of aromatic nitrogens is 3. The van der Waals surface area contributed by atoms with Crippen LogP contribution in [0.25, 0.3) is 0 Å². The van der Waals surface area contributed by atoms with E-state index >= 15 is 0 Å². The predicted molar refractivity (Wildman–Crippen MR) is 69.5 cm³/mol. The highest BCUT2D eigenvalue weighted by Crippen LogP contribution is 2.31. The van der Waals surface area contributed by atoms with E-state index in [9.17, 15) is 4.79 Å². The van der Waals surface area contributed by atoms with Gasteiger partial charge in [-0.1, -0.05) is 6.07 Å². The molecule has 0 saturated carbocycles. The molecule has 0 bridgehead atoms. The average molecular weight is 258 g/mol. The molecule has 0 atom stereocenters. The highest BCUT2D eigenvalue weighted by molar-refractivity contribution is 6.01. The largest absolute Gasteiger partial charge is 0.489 e. The summed E-state index contributed by atoms with van der Waals surface area (Å²) in [4.78, 5) is 16.4. The molecule has 0 fully saturated rings. The second-order valence-corrected chi connectivity index (χ2v) is 4.36. The summed E-state index contributed by atoms with van der Waals surface area (Å²) >= 11 is 0. The molecule has 1 aliphatic rings. The Morgan fingerprint density at radius 1 is 1.53 bits per heavy atom. The predicted octanol–water partition coefficient (Wildman–Crippen LogP) is 1.04. The van der Waals surface area contributed by atoms with Crippen molar-refractivity contribution in [3.8, 4) is 5.75 Å². The zero-order chi connectivity index (χ0) is 13.2. The summed E-state index contributed by atoms with van der Waals surface area (Å²) in [6.45, 7) is 1.33. The number of ketones is 1. The van der Waals surface area contributed by atoms with Crippen LogP contribution in [0, 0.1) is 0 Å². The Morgan fingerprint density at radius 2 is 2.42 bits per heavy atom. The fourth-order valence-corrected chi connectivity index (χ4v) is 2.11. The highest BCUT2D eigenvalue weighted by atomic mass is 16.5. The van der Waals surface area contributed by atoms with Crippen LogP contribution in [-0.2, 0) is 13.5 Å². The first-order chi connectivity index (χ1) is 9.25. The van der Waals surface area contributed by atoms with E-state index < -0.39 is 0 Å². The summed E-state index contributed by atoms with van der Waals surface area (Å²) in [6.07, 6.45) is 1.66. The van der Waals surface area contributed by atoms with Gasteiger partial charge < -0.3 is 10.1 Å². The molecular weight excluding hydrogens is 244 g/mol. The lowest BCUT2D eigenvalue weighted by Gasteiger charge is -2.21. The van der Waals surface area contributed by atoms with Gasteiger partial charge in [-0.15, -0.1) is 0 Å². The van der Waals surface area contributed by atoms with Crippen LogP contribution >= 0.6 is 0 Å². The zero-order valence-corrected chi connectivity index (χ0v) is 10.6. The Labute approximate surface area is 110 Å². The van der Waals surface area contributed by atoms with Crippen LogP contribution in [0.1, 0.15) is 16.2 Å². The van der Waals surface area contributed by atoms with E-state index in [0.29, 0.717) is 23.7 Å². The van der Waals surface area contributed by atoms with Gasteiger partial charge in [-0.05, 0) is 12.1 Å². The summed E-state index contributed by atoms with van der Waals surface area (Å²) in [6, 6.07) is 5.54. The van der Waals surface area contributed by atoms with Crippen molar-refractivity contribution in [2.45, 2.75) is 6.42 Å². The standard InChI is InChI=1S/C13H14N4O2/c1-17-12(15-8-16-17)7-11(18)9-3-2-4-10-13(9)19-6-5-14-10/h2-4,8,14H,5-7H2,1H3. The molecule has 98 valence electrons. The molecule has 0 aliphatic carbocycles. The number of benzene rings is 1. The van der Waals surface area contributed by atoms with Gasteiger partial charge in [-0.3, -0.25) is 9.48 Å². The van der Waals surface area contributed by atoms with Crippen LogP contribution in [-0.4, -0.2) is 33.7 Å². The first-order valence-corrected chi connectivity index (χ1v) is 6.11. The van der Waals surface area contributed by atoms with Crippen molar-refractivity contribution in [1.29, 1.82) is 0 Å². The Morgan fingerprint density at radius 3 is 3.21 bits per heavy atom. The minimum atomic E-state index is -0.0170. The van der Waals surface area contributed by atoms with Gasteiger partial charge in [0.15, 0.2) is 11.5 Å². The van der Waals surface area contributed by atoms with Crippen LogP contribution in [0.3, 0.4) is 0 Å². The first kappa shape index (κ1) is 11.7. The number of rotatable bonds is 3. The van der Waals surface area contributed by atoms with Crippen LogP contribution < -0.4 is 10.1 Å². The molecule has 0 radical (unpaired) electrons. The molecule has 1 aliphatic heterocycles. The molecule has 6 nitrogen and oxygen atoms in total. The third kappa shape index (κ3) is 2.16. The SMILES string of the molecule is Cn1ncnc1CC(=O)c1cccc2c1OCCN2. The normalized spacial score (nSPS) is 13.3. The monoisotopic (exact) mass is 258 g/mol. The third-order valence-corrected chi connectivity index (χ3v) is 3.10. The number of Topliss-reactive ketones (excluding diaryl/α,β-unsaturated/α-hetero) is 1. The summed E-state index contributed by atoms with van der Waals surface area (Å²) < 4.78 is 7.20. The van der Waals surface area contributed by atoms with Crippen molar-refractivity contribution >= 4 is 11.5 Å². The number of carbonyl (C=O) groups excluding carboxylic acids is 1. The molecule has 0 amide bonds. The van der Waals surface area contributed by atoms with Gasteiger partial charge in [0.05, 0.1) is 17.7 Å². The Balaban J connectivity index is 1.90. The number of ether oxygens (including phenoxy) is 1. The van der Waals surface area contributed by atoms with E-state index in [1.807, 2.05) is 12.1 Å². The average Bonchev–Trinajstić information content (AvgIpc) is 2.83. The molecule has 1 aromatic carbocycles. The second kappa shape index (κ2) is 4.72. The third-order valence-electron chi connectivity index (χ3n) is 3.10. The maximum atomic E-state index is 12.3. The van der Waals surface area contributed by atoms with Crippen LogP contribution in [0.15, 0.2) is 24.5 Å². The topological polar surface area (TPSA) is 69.0 Å². The van der Waals surface area contributed by atoms with Crippen molar-refractivity contribution in [3.05, 3.63) is 35.9 Å². The molecule has 0 saturated heterocycles. The van der Waals surface area contributed by atoms with Gasteiger partial charge in [0.2, 0.25) is 0 Å². The lowest BCUT2D eigenvalue weighted by atomic mass is 10.0. The minimum Gasteiger partial charge on any atom is -0.489 e. The second-order valence-electron chi connectivity index (χ2n) is 4.36. The number of fused-ring (bicyclic) bond motifs is 1. The molecule has 2 aromatic rings. The van der Waals surface area contributed by atoms with Gasteiger partial charge in [-0.25, -0.2) is 4.98 Å². The number of para-hydroxylation sites is 1. The first-order valence-electron chi connectivity index (χ1n) is 6.11. The van der Waals surface area contributed by atoms with Crippen molar-refractivity contribution < 1.29 is 9.53 Å². The van der Waals surface area contributed by atoms with Crippen LogP contribution in [0.5, 0.6) is 5.75 Å². The molecule has 2 heterocycles. The van der Waals surface area contributed by atoms with Gasteiger partial charge in [0, 0.05) is 13.6 Å². The number of hydrogen-bond donors (Lipinski definition) is 1. The number of hydrogen-bond acceptors (Lipinski definition) is 5. The van der Waals surface area contributed by atoms with E-state index in [1.54, 1.807) is 17.8 Å². The molecule has 6 heteroatoms. The Kier molecular flexibility index (Phi) is 2.91. The van der Waals surface area contributed by atoms with Crippen molar-refractivity contribution in [3.63, 3.8) is 0 Å². The smallest absolute Gasteiger partial charge is 0.174 e. The van der Waals surface area contributed by atoms with Gasteiger partial charge in [0.1, 0.15) is 18.8 Å². The van der Waals surface area contributed by atoms with Gasteiger partial charge >= 0.3 is 0 Å². The molecular formula is C13H14N4O2. The minimum absolute atomic E-state index is 0.0170. The maximum Gasteiger partial charge on any atom is 0.174 e. The fourth-order valence-electron chi connectivity index (χ4n) is 2.11. The molecule has 3 rings (SSSR count). The van der Waals surface area contributed by atoms with Crippen LogP contribution in [0.4, 0.5) is 5.69 Å². The Bertz CT molecular complexity index is 621. The maximum absolute atomic E-state index is 12.3. The highest BCUT2D eigenvalue weighted by Gasteiger charge is 2.20. The quantitative estimate of drug-likeness (QED) is 0.833.